The number of aromatic nitrogens is 3. The second kappa shape index (κ2) is 6.25. The summed E-state index contributed by atoms with van der Waals surface area (Å²) in [6.45, 7) is 1.84. The standard InChI is InChI=1S/C12H11ClF3N3OS/c1-7-2-3-8(4-9(7)13)19-6-17-18-11(19)21-5-10(20)12(14,15)16/h2-4,6,10,20H,5H2,1H3/t10-/m0/s1. The van der Waals surface area contributed by atoms with Crippen LogP contribution in [0.25, 0.3) is 5.69 Å². The average molecular weight is 338 g/mol. The number of hydrogen-bond acceptors (Lipinski definition) is 4. The summed E-state index contributed by atoms with van der Waals surface area (Å²) in [6.07, 6.45) is -5.68. The molecule has 0 bridgehead atoms. The first-order valence-electron chi connectivity index (χ1n) is 5.83. The fourth-order valence-electron chi connectivity index (χ4n) is 1.48. The summed E-state index contributed by atoms with van der Waals surface area (Å²) >= 11 is 6.79. The zero-order chi connectivity index (χ0) is 15.6. The smallest absolute Gasteiger partial charge is 0.383 e. The van der Waals surface area contributed by atoms with Gasteiger partial charge in [0.25, 0.3) is 0 Å². The lowest BCUT2D eigenvalue weighted by Gasteiger charge is -2.14. The zero-order valence-corrected chi connectivity index (χ0v) is 12.4. The second-order valence-corrected chi connectivity index (χ2v) is 5.68. The Bertz CT molecular complexity index is 632. The van der Waals surface area contributed by atoms with Crippen molar-refractivity contribution in [1.29, 1.82) is 0 Å². The van der Waals surface area contributed by atoms with E-state index in [1.54, 1.807) is 18.2 Å². The first kappa shape index (κ1) is 16.1. The summed E-state index contributed by atoms with van der Waals surface area (Å²) < 4.78 is 38.3. The van der Waals surface area contributed by atoms with Crippen LogP contribution in [0, 0.1) is 6.92 Å². The van der Waals surface area contributed by atoms with Crippen LogP contribution in [0.1, 0.15) is 5.56 Å². The molecule has 1 heterocycles. The number of benzene rings is 1. The van der Waals surface area contributed by atoms with Crippen molar-refractivity contribution in [3.05, 3.63) is 35.1 Å². The van der Waals surface area contributed by atoms with Gasteiger partial charge in [-0.3, -0.25) is 4.57 Å². The van der Waals surface area contributed by atoms with Crippen molar-refractivity contribution >= 4 is 23.4 Å². The third kappa shape index (κ3) is 3.90. The Morgan fingerprint density at radius 3 is 2.76 bits per heavy atom. The van der Waals surface area contributed by atoms with E-state index in [1.165, 1.54) is 10.9 Å². The molecule has 1 N–H and O–H groups in total. The van der Waals surface area contributed by atoms with Gasteiger partial charge in [0.15, 0.2) is 11.3 Å². The number of nitrogens with zero attached hydrogens (tertiary/aromatic N) is 3. The number of aryl methyl sites for hydroxylation is 1. The van der Waals surface area contributed by atoms with Gasteiger partial charge in [0.05, 0.1) is 5.69 Å². The van der Waals surface area contributed by atoms with Gasteiger partial charge in [0.1, 0.15) is 6.33 Å². The Labute approximate surface area is 127 Å². The minimum absolute atomic E-state index is 0.248. The maximum Gasteiger partial charge on any atom is 0.415 e. The third-order valence-electron chi connectivity index (χ3n) is 2.70. The largest absolute Gasteiger partial charge is 0.415 e. The van der Waals surface area contributed by atoms with E-state index in [4.69, 9.17) is 16.7 Å². The molecular weight excluding hydrogens is 327 g/mol. The van der Waals surface area contributed by atoms with Gasteiger partial charge in [-0.1, -0.05) is 29.4 Å². The summed E-state index contributed by atoms with van der Waals surface area (Å²) in [5.41, 5.74) is 1.52. The maximum atomic E-state index is 12.3. The van der Waals surface area contributed by atoms with Crippen molar-refractivity contribution in [3.63, 3.8) is 0 Å². The number of thioether (sulfide) groups is 1. The van der Waals surface area contributed by atoms with Crippen molar-refractivity contribution in [3.8, 4) is 5.69 Å². The normalized spacial score (nSPS) is 13.4. The summed E-state index contributed by atoms with van der Waals surface area (Å²) in [4.78, 5) is 0. The van der Waals surface area contributed by atoms with Crippen LogP contribution in [0.3, 0.4) is 0 Å². The fraction of sp³-hybridized carbons (Fsp3) is 0.333. The first-order valence-corrected chi connectivity index (χ1v) is 7.19. The van der Waals surface area contributed by atoms with Gasteiger partial charge in [-0.25, -0.2) is 0 Å². The van der Waals surface area contributed by atoms with Crippen molar-refractivity contribution < 1.29 is 18.3 Å². The predicted octanol–water partition coefficient (Wildman–Crippen LogP) is 3.24. The molecular formula is C12H11ClF3N3OS. The lowest BCUT2D eigenvalue weighted by molar-refractivity contribution is -0.195. The van der Waals surface area contributed by atoms with E-state index in [-0.39, 0.29) is 5.16 Å². The van der Waals surface area contributed by atoms with Crippen LogP contribution in [0.15, 0.2) is 29.7 Å². The summed E-state index contributed by atoms with van der Waals surface area (Å²) in [7, 11) is 0. The number of halogens is 4. The number of aliphatic hydroxyl groups excluding tert-OH is 1. The predicted molar refractivity (Wildman–Crippen MR) is 73.9 cm³/mol. The molecule has 0 amide bonds. The molecule has 9 heteroatoms. The Hall–Kier alpha value is -1.25. The molecule has 2 rings (SSSR count). The Morgan fingerprint density at radius 2 is 2.14 bits per heavy atom. The van der Waals surface area contributed by atoms with Gasteiger partial charge in [-0.05, 0) is 24.6 Å². The summed E-state index contributed by atoms with van der Waals surface area (Å²) in [5.74, 6) is -0.554. The maximum absolute atomic E-state index is 12.3. The molecule has 21 heavy (non-hydrogen) atoms. The lowest BCUT2D eigenvalue weighted by atomic mass is 10.2. The minimum atomic E-state index is -4.65. The van der Waals surface area contributed by atoms with Crippen LogP contribution < -0.4 is 0 Å². The van der Waals surface area contributed by atoms with E-state index in [0.29, 0.717) is 10.7 Å². The highest BCUT2D eigenvalue weighted by Gasteiger charge is 2.38. The van der Waals surface area contributed by atoms with Crippen molar-refractivity contribution in [2.75, 3.05) is 5.75 Å². The molecule has 0 aliphatic rings. The van der Waals surface area contributed by atoms with Gasteiger partial charge in [0.2, 0.25) is 0 Å². The monoisotopic (exact) mass is 337 g/mol. The highest BCUT2D eigenvalue weighted by Crippen LogP contribution is 2.27. The Balaban J connectivity index is 2.17. The van der Waals surface area contributed by atoms with E-state index in [0.717, 1.165) is 17.3 Å². The van der Waals surface area contributed by atoms with E-state index in [1.807, 2.05) is 6.92 Å². The fourth-order valence-corrected chi connectivity index (χ4v) is 2.55. The molecule has 4 nitrogen and oxygen atoms in total. The molecule has 0 aliphatic heterocycles. The van der Waals surface area contributed by atoms with Crippen LogP contribution >= 0.6 is 23.4 Å². The van der Waals surface area contributed by atoms with E-state index >= 15 is 0 Å². The van der Waals surface area contributed by atoms with Crippen molar-refractivity contribution in [2.45, 2.75) is 24.4 Å². The van der Waals surface area contributed by atoms with Crippen LogP contribution in [0.5, 0.6) is 0 Å². The van der Waals surface area contributed by atoms with Gasteiger partial charge in [0, 0.05) is 10.8 Å². The van der Waals surface area contributed by atoms with Gasteiger partial charge in [-0.15, -0.1) is 10.2 Å². The summed E-state index contributed by atoms with van der Waals surface area (Å²) in [5, 5.41) is 17.2. The number of hydrogen-bond donors (Lipinski definition) is 1. The number of aliphatic hydroxyl groups is 1. The minimum Gasteiger partial charge on any atom is -0.383 e. The molecule has 0 aliphatic carbocycles. The van der Waals surface area contributed by atoms with Gasteiger partial charge >= 0.3 is 6.18 Å². The topological polar surface area (TPSA) is 50.9 Å². The zero-order valence-electron chi connectivity index (χ0n) is 10.8. The molecule has 1 aromatic carbocycles. The number of alkyl halides is 3. The lowest BCUT2D eigenvalue weighted by Crippen LogP contribution is -2.30. The van der Waals surface area contributed by atoms with E-state index in [9.17, 15) is 13.2 Å². The van der Waals surface area contributed by atoms with Crippen LogP contribution in [0.2, 0.25) is 5.02 Å². The van der Waals surface area contributed by atoms with E-state index < -0.39 is 18.0 Å². The molecule has 0 saturated carbocycles. The van der Waals surface area contributed by atoms with Crippen molar-refractivity contribution in [2.24, 2.45) is 0 Å². The highest BCUT2D eigenvalue weighted by molar-refractivity contribution is 7.99. The molecule has 1 atom stereocenters. The second-order valence-electron chi connectivity index (χ2n) is 4.29. The van der Waals surface area contributed by atoms with Crippen LogP contribution in [-0.4, -0.2) is 37.9 Å². The SMILES string of the molecule is Cc1ccc(-n2cnnc2SC[C@H](O)C(F)(F)F)cc1Cl. The molecule has 1 aromatic heterocycles. The molecule has 0 saturated heterocycles. The molecule has 0 unspecified atom stereocenters. The molecule has 2 aromatic rings. The molecule has 0 spiro atoms. The van der Waals surface area contributed by atoms with Crippen molar-refractivity contribution in [1.82, 2.24) is 14.8 Å². The molecule has 0 fully saturated rings. The third-order valence-corrected chi connectivity index (χ3v) is 4.12. The van der Waals surface area contributed by atoms with E-state index in [2.05, 4.69) is 10.2 Å². The Morgan fingerprint density at radius 1 is 1.43 bits per heavy atom. The molecule has 0 radical (unpaired) electrons. The van der Waals surface area contributed by atoms with Gasteiger partial charge < -0.3 is 5.11 Å². The summed E-state index contributed by atoms with van der Waals surface area (Å²) in [6, 6.07) is 5.22. The number of rotatable bonds is 4. The Kier molecular flexibility index (Phi) is 4.80. The van der Waals surface area contributed by atoms with Crippen LogP contribution in [0.4, 0.5) is 13.2 Å². The first-order chi connectivity index (χ1) is 9.79. The highest BCUT2D eigenvalue weighted by atomic mass is 35.5. The van der Waals surface area contributed by atoms with Gasteiger partial charge in [-0.2, -0.15) is 13.2 Å². The quantitative estimate of drug-likeness (QED) is 0.870. The van der Waals surface area contributed by atoms with Crippen LogP contribution in [-0.2, 0) is 0 Å². The average Bonchev–Trinajstić information content (AvgIpc) is 2.86. The molecule has 114 valence electrons.